The Kier molecular flexibility index (Phi) is 54.7. The maximum atomic E-state index is 13.5. The number of likely N-dealkylation sites (N-methyl/N-ethyl adjacent to an activating group) is 1. The van der Waals surface area contributed by atoms with E-state index in [1.807, 2.05) is 33.3 Å². The number of unbranched alkanes of at least 4 members (excludes halogenated alkanes) is 37. The smallest absolute Gasteiger partial charge is 0.306 e. The van der Waals surface area contributed by atoms with Gasteiger partial charge in [-0.05, 0) is 89.5 Å². The Bertz CT molecular complexity index is 1440. The van der Waals surface area contributed by atoms with Gasteiger partial charge in [0.05, 0.1) is 33.8 Å². The van der Waals surface area contributed by atoms with Gasteiger partial charge in [0.15, 0.2) is 0 Å². The highest BCUT2D eigenvalue weighted by atomic mass is 31.2. The Morgan fingerprint density at radius 3 is 1.22 bits per heavy atom. The third-order valence-corrected chi connectivity index (χ3v) is 15.4. The van der Waals surface area contributed by atoms with Gasteiger partial charge in [-0.25, -0.2) is 0 Å². The van der Waals surface area contributed by atoms with Gasteiger partial charge in [-0.1, -0.05) is 256 Å². The lowest BCUT2D eigenvalue weighted by molar-refractivity contribution is -0.870. The molecule has 0 saturated heterocycles. The van der Waals surface area contributed by atoms with Crippen molar-refractivity contribution in [2.75, 3.05) is 40.9 Å². The highest BCUT2D eigenvalue weighted by Crippen LogP contribution is 2.38. The zero-order valence-electron chi connectivity index (χ0n) is 51.0. The molecule has 0 aromatic rings. The summed E-state index contributed by atoms with van der Waals surface area (Å²) >= 11 is 0. The Hall–Kier alpha value is -2.03. The van der Waals surface area contributed by atoms with Crippen LogP contribution in [0.3, 0.4) is 0 Å². The minimum atomic E-state index is -4.70. The van der Waals surface area contributed by atoms with Crippen LogP contribution in [-0.2, 0) is 27.9 Å². The van der Waals surface area contributed by atoms with Crippen molar-refractivity contribution < 1.29 is 37.3 Å². The topological polar surface area (TPSA) is 114 Å². The second-order valence-electron chi connectivity index (χ2n) is 23.3. The SMILES string of the molecule is CCCCC/C=C\C/C=C\CCCCCCCCCCCCCCCC(=O)OC(/C=C\CCCCCCCCCCC)C(COP(=O)([O-])OCC[N+](C)(C)C)NC(=O)CCCCCCC/C=C/CCCCCCCCC. The van der Waals surface area contributed by atoms with Crippen LogP contribution in [0.4, 0.5) is 0 Å². The van der Waals surface area contributed by atoms with Gasteiger partial charge in [-0.2, -0.15) is 0 Å². The van der Waals surface area contributed by atoms with Gasteiger partial charge >= 0.3 is 5.97 Å². The molecule has 0 radical (unpaired) electrons. The van der Waals surface area contributed by atoms with E-state index in [-0.39, 0.29) is 31.5 Å². The minimum absolute atomic E-state index is 0.0231. The summed E-state index contributed by atoms with van der Waals surface area (Å²) in [6, 6.07) is -0.891. The molecule has 0 fully saturated rings. The van der Waals surface area contributed by atoms with Crippen molar-refractivity contribution in [3.63, 3.8) is 0 Å². The van der Waals surface area contributed by atoms with E-state index in [1.165, 1.54) is 193 Å². The number of quaternary nitrogens is 1. The number of nitrogens with zero attached hydrogens (tertiary/aromatic N) is 1. The summed E-state index contributed by atoms with van der Waals surface area (Å²) in [7, 11) is 1.19. The summed E-state index contributed by atoms with van der Waals surface area (Å²) < 4.78 is 30.3. The Morgan fingerprint density at radius 2 is 0.803 bits per heavy atom. The van der Waals surface area contributed by atoms with E-state index < -0.39 is 20.0 Å². The molecule has 0 aromatic heterocycles. The monoisotopic (exact) mass is 1090 g/mol. The lowest BCUT2D eigenvalue weighted by atomic mass is 10.0. The number of allylic oxidation sites excluding steroid dienone is 7. The second kappa shape index (κ2) is 56.3. The second-order valence-corrected chi connectivity index (χ2v) is 24.7. The number of hydrogen-bond acceptors (Lipinski definition) is 7. The minimum Gasteiger partial charge on any atom is -0.756 e. The van der Waals surface area contributed by atoms with Gasteiger partial charge in [-0.3, -0.25) is 14.2 Å². The van der Waals surface area contributed by atoms with Crippen molar-refractivity contribution in [2.45, 2.75) is 322 Å². The van der Waals surface area contributed by atoms with Gasteiger partial charge in [-0.15, -0.1) is 0 Å². The first kappa shape index (κ1) is 74.0. The zero-order chi connectivity index (χ0) is 55.7. The molecule has 3 unspecified atom stereocenters. The fraction of sp³-hybridized carbons (Fsp3) is 0.848. The van der Waals surface area contributed by atoms with Crippen LogP contribution in [-0.4, -0.2) is 69.4 Å². The van der Waals surface area contributed by atoms with Crippen LogP contribution in [0.15, 0.2) is 48.6 Å². The molecule has 9 nitrogen and oxygen atoms in total. The summed E-state index contributed by atoms with van der Waals surface area (Å²) in [6.45, 7) is 6.83. The van der Waals surface area contributed by atoms with Crippen LogP contribution >= 0.6 is 7.82 Å². The molecule has 76 heavy (non-hydrogen) atoms. The highest BCUT2D eigenvalue weighted by molar-refractivity contribution is 7.45. The quantitative estimate of drug-likeness (QED) is 0.0212. The van der Waals surface area contributed by atoms with Crippen molar-refractivity contribution in [3.8, 4) is 0 Å². The molecule has 0 bridgehead atoms. The summed E-state index contributed by atoms with van der Waals surface area (Å²) in [4.78, 5) is 40.0. The molecule has 0 aliphatic rings. The Balaban J connectivity index is 5.11. The highest BCUT2D eigenvalue weighted by Gasteiger charge is 2.27. The third-order valence-electron chi connectivity index (χ3n) is 14.5. The molecule has 0 aliphatic heterocycles. The largest absolute Gasteiger partial charge is 0.756 e. The molecule has 0 heterocycles. The van der Waals surface area contributed by atoms with E-state index in [9.17, 15) is 19.0 Å². The van der Waals surface area contributed by atoms with Crippen LogP contribution in [0.25, 0.3) is 0 Å². The summed E-state index contributed by atoms with van der Waals surface area (Å²) in [6.07, 6.45) is 69.4. The van der Waals surface area contributed by atoms with Crippen LogP contribution in [0.1, 0.15) is 310 Å². The molecule has 0 rings (SSSR count). The normalized spacial score (nSPS) is 13.9. The van der Waals surface area contributed by atoms with Crippen LogP contribution in [0.2, 0.25) is 0 Å². The van der Waals surface area contributed by atoms with Gasteiger partial charge in [0.2, 0.25) is 5.91 Å². The molecule has 1 amide bonds. The maximum absolute atomic E-state index is 13.5. The van der Waals surface area contributed by atoms with Gasteiger partial charge in [0.25, 0.3) is 7.82 Å². The molecule has 0 aliphatic carbocycles. The predicted molar refractivity (Wildman–Crippen MR) is 326 cm³/mol. The van der Waals surface area contributed by atoms with Crippen molar-refractivity contribution in [1.82, 2.24) is 5.32 Å². The molecule has 10 heteroatoms. The van der Waals surface area contributed by atoms with E-state index in [0.29, 0.717) is 17.4 Å². The maximum Gasteiger partial charge on any atom is 0.306 e. The summed E-state index contributed by atoms with van der Waals surface area (Å²) in [5.41, 5.74) is 0. The molecule has 3 atom stereocenters. The molecule has 0 spiro atoms. The van der Waals surface area contributed by atoms with Crippen molar-refractivity contribution >= 4 is 19.7 Å². The van der Waals surface area contributed by atoms with Crippen molar-refractivity contribution in [3.05, 3.63) is 48.6 Å². The fourth-order valence-corrected chi connectivity index (χ4v) is 10.2. The average molecular weight is 1090 g/mol. The number of amides is 1. The Labute approximate surface area is 471 Å². The number of nitrogens with one attached hydrogen (secondary N) is 1. The molecule has 1 N–H and O–H groups in total. The number of phosphoric acid groups is 1. The predicted octanol–water partition coefficient (Wildman–Crippen LogP) is 19.4. The molecule has 0 aromatic carbocycles. The van der Waals surface area contributed by atoms with Gasteiger partial charge in [0, 0.05) is 12.8 Å². The van der Waals surface area contributed by atoms with Crippen LogP contribution < -0.4 is 10.2 Å². The van der Waals surface area contributed by atoms with Crippen molar-refractivity contribution in [2.24, 2.45) is 0 Å². The molecule has 446 valence electrons. The zero-order valence-corrected chi connectivity index (χ0v) is 51.9. The first-order valence-electron chi connectivity index (χ1n) is 32.4. The Morgan fingerprint density at radius 1 is 0.461 bits per heavy atom. The van der Waals surface area contributed by atoms with E-state index in [2.05, 4.69) is 62.5 Å². The number of esters is 1. The number of ether oxygens (including phenoxy) is 1. The fourth-order valence-electron chi connectivity index (χ4n) is 9.43. The van der Waals surface area contributed by atoms with Gasteiger partial charge < -0.3 is 28.5 Å². The van der Waals surface area contributed by atoms with E-state index in [0.717, 1.165) is 83.5 Å². The lowest BCUT2D eigenvalue weighted by Gasteiger charge is -2.30. The number of hydrogen-bond donors (Lipinski definition) is 1. The first-order chi connectivity index (χ1) is 36.9. The summed E-state index contributed by atoms with van der Waals surface area (Å²) in [5.74, 6) is -0.542. The molecule has 0 saturated carbocycles. The first-order valence-corrected chi connectivity index (χ1v) is 33.9. The van der Waals surface area contributed by atoms with Crippen molar-refractivity contribution in [1.29, 1.82) is 0 Å². The summed E-state index contributed by atoms with van der Waals surface area (Å²) in [5, 5.41) is 3.03. The average Bonchev–Trinajstić information content (AvgIpc) is 3.38. The third kappa shape index (κ3) is 56.7. The lowest BCUT2D eigenvalue weighted by Crippen LogP contribution is -2.47. The standard InChI is InChI=1S/C66H125N2O7P/c1-7-10-13-16-19-22-25-27-29-31-32-33-34-35-36-37-39-41-44-47-50-53-56-59-66(70)75-64(57-54-51-48-45-42-24-21-18-15-12-9-3)63(62-74-76(71,72)73-61-60-68(4,5)6)67-65(69)58-55-52-49-46-43-40-38-30-28-26-23-20-17-14-11-8-2/h19,22,27,29-30,38,54,57,63-64H,7-18,20-21,23-26,28,31-37,39-53,55-56,58-62H2,1-6H3,(H-,67,69,71,72)/b22-19-,29-27-,38-30+,57-54-. The van der Waals surface area contributed by atoms with Crippen LogP contribution in [0, 0.1) is 0 Å². The van der Waals surface area contributed by atoms with E-state index in [4.69, 9.17) is 13.8 Å². The molecular formula is C66H125N2O7P. The van der Waals surface area contributed by atoms with Crippen LogP contribution in [0.5, 0.6) is 0 Å². The molecular weight excluding hydrogens is 964 g/mol. The van der Waals surface area contributed by atoms with Gasteiger partial charge in [0.1, 0.15) is 19.3 Å². The number of rotatable bonds is 59. The van der Waals surface area contributed by atoms with E-state index in [1.54, 1.807) is 0 Å². The number of phosphoric ester groups is 1. The number of carbonyl (C=O) groups excluding carboxylic acids is 2. The van der Waals surface area contributed by atoms with E-state index >= 15 is 0 Å². The number of carbonyl (C=O) groups is 2.